The molecule has 0 aliphatic heterocycles. The third-order valence-corrected chi connectivity index (χ3v) is 5.03. The van der Waals surface area contributed by atoms with Gasteiger partial charge in [-0.15, -0.1) is 0 Å². The van der Waals surface area contributed by atoms with Gasteiger partial charge in [-0.25, -0.2) is 4.57 Å². The van der Waals surface area contributed by atoms with Gasteiger partial charge in [-0.1, -0.05) is 6.42 Å². The van der Waals surface area contributed by atoms with Crippen molar-refractivity contribution in [2.75, 3.05) is 0 Å². The van der Waals surface area contributed by atoms with E-state index in [9.17, 15) is 4.79 Å². The van der Waals surface area contributed by atoms with E-state index >= 15 is 0 Å². The van der Waals surface area contributed by atoms with Crippen molar-refractivity contribution in [2.24, 2.45) is 24.8 Å². The second-order valence-electron chi connectivity index (χ2n) is 6.35. The standard InChI is InChI=1S/C16H22N2O/c1-11(15-10-12-3-4-14(15)9-12)17-16(19)13-5-7-18(2)8-6-13/h5-8,11-12,14-15H,3-4,9-10H2,1-2H3/p+1/t11-,12+,14+,15+/m0/s1. The van der Waals surface area contributed by atoms with Crippen molar-refractivity contribution in [3.8, 4) is 0 Å². The predicted octanol–water partition coefficient (Wildman–Crippen LogP) is 2.07. The van der Waals surface area contributed by atoms with Gasteiger partial charge >= 0.3 is 0 Å². The zero-order valence-corrected chi connectivity index (χ0v) is 11.8. The highest BCUT2D eigenvalue weighted by molar-refractivity contribution is 5.94. The predicted molar refractivity (Wildman–Crippen MR) is 73.5 cm³/mol. The number of nitrogens with one attached hydrogen (secondary N) is 1. The molecule has 19 heavy (non-hydrogen) atoms. The molecule has 1 N–H and O–H groups in total. The van der Waals surface area contributed by atoms with Crippen LogP contribution in [0.3, 0.4) is 0 Å². The highest BCUT2D eigenvalue weighted by atomic mass is 16.1. The van der Waals surface area contributed by atoms with E-state index in [0.29, 0.717) is 12.0 Å². The number of carbonyl (C=O) groups excluding carboxylic acids is 1. The average Bonchev–Trinajstić information content (AvgIpc) is 3.01. The Morgan fingerprint density at radius 1 is 1.32 bits per heavy atom. The smallest absolute Gasteiger partial charge is 0.251 e. The van der Waals surface area contributed by atoms with Crippen LogP contribution in [0.1, 0.15) is 43.0 Å². The van der Waals surface area contributed by atoms with E-state index in [1.54, 1.807) is 0 Å². The highest BCUT2D eigenvalue weighted by Gasteiger charge is 2.42. The van der Waals surface area contributed by atoms with E-state index in [2.05, 4.69) is 12.2 Å². The Balaban J connectivity index is 1.61. The maximum absolute atomic E-state index is 12.2. The molecule has 1 amide bonds. The van der Waals surface area contributed by atoms with E-state index < -0.39 is 0 Å². The second-order valence-corrected chi connectivity index (χ2v) is 6.35. The van der Waals surface area contributed by atoms with Gasteiger partial charge in [0.25, 0.3) is 5.91 Å². The van der Waals surface area contributed by atoms with Crippen LogP contribution in [0.25, 0.3) is 0 Å². The van der Waals surface area contributed by atoms with Crippen molar-refractivity contribution < 1.29 is 9.36 Å². The largest absolute Gasteiger partial charge is 0.349 e. The lowest BCUT2D eigenvalue weighted by atomic mass is 9.84. The first-order chi connectivity index (χ1) is 9.13. The summed E-state index contributed by atoms with van der Waals surface area (Å²) in [5.74, 6) is 2.55. The normalized spacial score (nSPS) is 30.3. The minimum absolute atomic E-state index is 0.0656. The van der Waals surface area contributed by atoms with Crippen LogP contribution in [0, 0.1) is 17.8 Å². The highest BCUT2D eigenvalue weighted by Crippen LogP contribution is 2.49. The molecule has 3 rings (SSSR count). The fraction of sp³-hybridized carbons (Fsp3) is 0.625. The quantitative estimate of drug-likeness (QED) is 0.828. The van der Waals surface area contributed by atoms with Crippen molar-refractivity contribution in [3.05, 3.63) is 30.1 Å². The molecule has 102 valence electrons. The van der Waals surface area contributed by atoms with Crippen LogP contribution >= 0.6 is 0 Å². The fourth-order valence-corrected chi connectivity index (χ4v) is 3.96. The molecule has 2 fully saturated rings. The molecule has 0 aromatic carbocycles. The van der Waals surface area contributed by atoms with E-state index in [1.807, 2.05) is 36.1 Å². The molecule has 1 heterocycles. The number of amides is 1. The van der Waals surface area contributed by atoms with Gasteiger partial charge in [0.15, 0.2) is 12.4 Å². The molecule has 3 nitrogen and oxygen atoms in total. The summed E-state index contributed by atoms with van der Waals surface area (Å²) in [6.07, 6.45) is 9.32. The van der Waals surface area contributed by atoms with Crippen LogP contribution in [0.15, 0.2) is 24.5 Å². The Labute approximate surface area is 115 Å². The van der Waals surface area contributed by atoms with Crippen LogP contribution in [-0.2, 0) is 7.05 Å². The molecule has 1 aromatic heterocycles. The van der Waals surface area contributed by atoms with Crippen molar-refractivity contribution in [1.29, 1.82) is 0 Å². The molecule has 2 aliphatic rings. The SMILES string of the molecule is C[C@H](NC(=O)c1cc[n+](C)cc1)[C@H]1C[C@@H]2CC[C@@H]1C2. The summed E-state index contributed by atoms with van der Waals surface area (Å²) in [4.78, 5) is 12.2. The Morgan fingerprint density at radius 2 is 2.05 bits per heavy atom. The summed E-state index contributed by atoms with van der Waals surface area (Å²) in [6, 6.07) is 4.06. The zero-order valence-electron chi connectivity index (χ0n) is 11.8. The Kier molecular flexibility index (Phi) is 3.29. The lowest BCUT2D eigenvalue weighted by Gasteiger charge is -2.28. The molecule has 3 heteroatoms. The number of aryl methyl sites for hydroxylation is 1. The maximum atomic E-state index is 12.2. The van der Waals surface area contributed by atoms with Gasteiger partial charge in [-0.3, -0.25) is 4.79 Å². The number of hydrogen-bond acceptors (Lipinski definition) is 1. The number of nitrogens with zero attached hydrogens (tertiary/aromatic N) is 1. The maximum Gasteiger partial charge on any atom is 0.251 e. The summed E-state index contributed by atoms with van der Waals surface area (Å²) >= 11 is 0. The number of fused-ring (bicyclic) bond motifs is 2. The summed E-state index contributed by atoms with van der Waals surface area (Å²) in [6.45, 7) is 2.17. The minimum Gasteiger partial charge on any atom is -0.349 e. The van der Waals surface area contributed by atoms with Gasteiger partial charge in [0.05, 0.1) is 5.56 Å². The van der Waals surface area contributed by atoms with Crippen LogP contribution in [0.5, 0.6) is 0 Å². The van der Waals surface area contributed by atoms with E-state index in [0.717, 1.165) is 17.4 Å². The Morgan fingerprint density at radius 3 is 2.63 bits per heavy atom. The first-order valence-electron chi connectivity index (χ1n) is 7.39. The van der Waals surface area contributed by atoms with Crippen molar-refractivity contribution in [3.63, 3.8) is 0 Å². The molecule has 0 spiro atoms. The number of rotatable bonds is 3. The van der Waals surface area contributed by atoms with Crippen LogP contribution in [0.4, 0.5) is 0 Å². The molecule has 0 saturated heterocycles. The second kappa shape index (κ2) is 4.95. The van der Waals surface area contributed by atoms with Crippen molar-refractivity contribution >= 4 is 5.91 Å². The van der Waals surface area contributed by atoms with E-state index in [1.165, 1.54) is 25.7 Å². The van der Waals surface area contributed by atoms with Gasteiger partial charge < -0.3 is 5.32 Å². The number of pyridine rings is 1. The Hall–Kier alpha value is -1.38. The molecule has 2 aliphatic carbocycles. The van der Waals surface area contributed by atoms with Crippen molar-refractivity contribution in [2.45, 2.75) is 38.6 Å². The molecule has 2 bridgehead atoms. The summed E-state index contributed by atoms with van der Waals surface area (Å²) in [5.41, 5.74) is 0.758. The Bertz CT molecular complexity index is 468. The summed E-state index contributed by atoms with van der Waals surface area (Å²) in [7, 11) is 1.96. The zero-order chi connectivity index (χ0) is 13.4. The molecular formula is C16H23N2O+. The number of carbonyl (C=O) groups is 1. The third kappa shape index (κ3) is 2.51. The van der Waals surface area contributed by atoms with Gasteiger partial charge in [-0.2, -0.15) is 0 Å². The van der Waals surface area contributed by atoms with Crippen LogP contribution in [0.2, 0.25) is 0 Å². The summed E-state index contributed by atoms with van der Waals surface area (Å²) < 4.78 is 1.94. The molecule has 2 saturated carbocycles. The minimum atomic E-state index is 0.0656. The van der Waals surface area contributed by atoms with E-state index in [4.69, 9.17) is 0 Å². The topological polar surface area (TPSA) is 33.0 Å². The molecular weight excluding hydrogens is 236 g/mol. The van der Waals surface area contributed by atoms with Gasteiger partial charge in [0, 0.05) is 18.2 Å². The monoisotopic (exact) mass is 259 g/mol. The third-order valence-electron chi connectivity index (χ3n) is 5.03. The van der Waals surface area contributed by atoms with E-state index in [-0.39, 0.29) is 5.91 Å². The molecule has 0 radical (unpaired) electrons. The lowest BCUT2D eigenvalue weighted by molar-refractivity contribution is -0.671. The first kappa shape index (κ1) is 12.6. The number of aromatic nitrogens is 1. The van der Waals surface area contributed by atoms with Crippen LogP contribution < -0.4 is 9.88 Å². The molecule has 1 aromatic rings. The van der Waals surface area contributed by atoms with Gasteiger partial charge in [0.2, 0.25) is 0 Å². The van der Waals surface area contributed by atoms with Gasteiger partial charge in [0.1, 0.15) is 7.05 Å². The molecule has 0 unspecified atom stereocenters. The van der Waals surface area contributed by atoms with Crippen molar-refractivity contribution in [1.82, 2.24) is 5.32 Å². The fourth-order valence-electron chi connectivity index (χ4n) is 3.96. The molecule has 4 atom stereocenters. The summed E-state index contributed by atoms with van der Waals surface area (Å²) in [5, 5.41) is 3.19. The van der Waals surface area contributed by atoms with Gasteiger partial charge in [-0.05, 0) is 43.9 Å². The average molecular weight is 259 g/mol. The first-order valence-corrected chi connectivity index (χ1v) is 7.39. The lowest BCUT2D eigenvalue weighted by Crippen LogP contribution is -2.40. The van der Waals surface area contributed by atoms with Crippen LogP contribution in [-0.4, -0.2) is 11.9 Å². The number of hydrogen-bond donors (Lipinski definition) is 1.